The zero-order valence-corrected chi connectivity index (χ0v) is 15.1. The van der Waals surface area contributed by atoms with Crippen LogP contribution in [-0.2, 0) is 4.79 Å². The number of amides is 2. The average molecular weight is 342 g/mol. The molecule has 2 saturated heterocycles. The highest BCUT2D eigenvalue weighted by molar-refractivity contribution is 6.00. The lowest BCUT2D eigenvalue weighted by Crippen LogP contribution is -2.61. The van der Waals surface area contributed by atoms with Crippen molar-refractivity contribution < 1.29 is 14.3 Å². The summed E-state index contributed by atoms with van der Waals surface area (Å²) in [6.45, 7) is 3.47. The molecule has 5 nitrogen and oxygen atoms in total. The molecular formula is C20H26N2O3. The van der Waals surface area contributed by atoms with Crippen LogP contribution in [0.4, 0.5) is 0 Å². The standard InChI is InChI=1S/C20H26N2O3/c1-14-13-15(5-8-17(14)25-2)18(23)22-12-4-10-20(22)9-3-11-21(19(20)24)16-6-7-16/h5,8,13,16H,3-4,6-7,9-12H2,1-2H3. The molecular weight excluding hydrogens is 316 g/mol. The van der Waals surface area contributed by atoms with Crippen molar-refractivity contribution in [2.75, 3.05) is 20.2 Å². The molecule has 3 aliphatic rings. The number of likely N-dealkylation sites (tertiary alicyclic amines) is 2. The van der Waals surface area contributed by atoms with E-state index in [1.807, 2.05) is 34.9 Å². The first-order valence-electron chi connectivity index (χ1n) is 9.34. The van der Waals surface area contributed by atoms with Gasteiger partial charge >= 0.3 is 0 Å². The van der Waals surface area contributed by atoms with Gasteiger partial charge in [0, 0.05) is 24.7 Å². The normalized spacial score (nSPS) is 26.4. The largest absolute Gasteiger partial charge is 0.496 e. The van der Waals surface area contributed by atoms with Crippen LogP contribution in [0.1, 0.15) is 54.4 Å². The van der Waals surface area contributed by atoms with Crippen LogP contribution in [0.25, 0.3) is 0 Å². The van der Waals surface area contributed by atoms with Crippen molar-refractivity contribution in [1.29, 1.82) is 0 Å². The first-order chi connectivity index (χ1) is 12.1. The van der Waals surface area contributed by atoms with Crippen molar-refractivity contribution in [3.05, 3.63) is 29.3 Å². The van der Waals surface area contributed by atoms with E-state index in [1.165, 1.54) is 0 Å². The monoisotopic (exact) mass is 342 g/mol. The summed E-state index contributed by atoms with van der Waals surface area (Å²) in [5.74, 6) is 0.952. The zero-order chi connectivity index (χ0) is 17.6. The van der Waals surface area contributed by atoms with Crippen LogP contribution in [0.3, 0.4) is 0 Å². The summed E-state index contributed by atoms with van der Waals surface area (Å²) in [7, 11) is 1.63. The Balaban J connectivity index is 1.63. The molecule has 134 valence electrons. The highest BCUT2D eigenvalue weighted by atomic mass is 16.5. The molecule has 5 heteroatoms. The van der Waals surface area contributed by atoms with E-state index in [4.69, 9.17) is 4.74 Å². The van der Waals surface area contributed by atoms with Crippen molar-refractivity contribution in [2.24, 2.45) is 0 Å². The molecule has 3 fully saturated rings. The summed E-state index contributed by atoms with van der Waals surface area (Å²) in [5.41, 5.74) is 0.985. The zero-order valence-electron chi connectivity index (χ0n) is 15.1. The Bertz CT molecular complexity index is 713. The van der Waals surface area contributed by atoms with Gasteiger partial charge in [-0.25, -0.2) is 0 Å². The van der Waals surface area contributed by atoms with Crippen molar-refractivity contribution in [3.8, 4) is 5.75 Å². The topological polar surface area (TPSA) is 49.9 Å². The van der Waals surface area contributed by atoms with Gasteiger partial charge in [-0.05, 0) is 69.2 Å². The molecule has 25 heavy (non-hydrogen) atoms. The number of hydrogen-bond acceptors (Lipinski definition) is 3. The molecule has 0 aromatic heterocycles. The van der Waals surface area contributed by atoms with Crippen molar-refractivity contribution >= 4 is 11.8 Å². The number of hydrogen-bond donors (Lipinski definition) is 0. The molecule has 4 rings (SSSR count). The summed E-state index contributed by atoms with van der Waals surface area (Å²) in [6.07, 6.45) is 5.74. The molecule has 2 amide bonds. The van der Waals surface area contributed by atoms with E-state index in [0.717, 1.165) is 56.4 Å². The summed E-state index contributed by atoms with van der Waals surface area (Å²) in [6, 6.07) is 5.95. The fraction of sp³-hybridized carbons (Fsp3) is 0.600. The van der Waals surface area contributed by atoms with E-state index in [2.05, 4.69) is 0 Å². The van der Waals surface area contributed by atoms with Crippen LogP contribution in [0.2, 0.25) is 0 Å². The second-order valence-corrected chi connectivity index (χ2v) is 7.61. The lowest BCUT2D eigenvalue weighted by Gasteiger charge is -2.44. The minimum atomic E-state index is -0.605. The lowest BCUT2D eigenvalue weighted by atomic mass is 9.85. The fourth-order valence-corrected chi connectivity index (χ4v) is 4.58. The number of methoxy groups -OCH3 is 1. The van der Waals surface area contributed by atoms with E-state index in [9.17, 15) is 9.59 Å². The Kier molecular flexibility index (Phi) is 3.97. The molecule has 1 aliphatic carbocycles. The van der Waals surface area contributed by atoms with Gasteiger partial charge in [0.2, 0.25) is 5.91 Å². The number of piperidine rings is 1. The third kappa shape index (κ3) is 2.60. The second-order valence-electron chi connectivity index (χ2n) is 7.61. The Morgan fingerprint density at radius 3 is 2.56 bits per heavy atom. The van der Waals surface area contributed by atoms with Gasteiger partial charge in [-0.2, -0.15) is 0 Å². The number of carbonyl (C=O) groups excluding carboxylic acids is 2. The molecule has 1 atom stereocenters. The minimum Gasteiger partial charge on any atom is -0.496 e. The van der Waals surface area contributed by atoms with Gasteiger partial charge in [0.25, 0.3) is 5.91 Å². The van der Waals surface area contributed by atoms with Crippen LogP contribution in [0.15, 0.2) is 18.2 Å². The van der Waals surface area contributed by atoms with E-state index >= 15 is 0 Å². The molecule has 1 unspecified atom stereocenters. The molecule has 2 heterocycles. The molecule has 2 aliphatic heterocycles. The van der Waals surface area contributed by atoms with E-state index in [0.29, 0.717) is 18.2 Å². The van der Waals surface area contributed by atoms with Crippen LogP contribution >= 0.6 is 0 Å². The first kappa shape index (κ1) is 16.4. The van der Waals surface area contributed by atoms with Gasteiger partial charge in [-0.1, -0.05) is 0 Å². The van der Waals surface area contributed by atoms with Gasteiger partial charge in [-0.15, -0.1) is 0 Å². The lowest BCUT2D eigenvalue weighted by molar-refractivity contribution is -0.146. The van der Waals surface area contributed by atoms with Crippen LogP contribution in [0.5, 0.6) is 5.75 Å². The fourth-order valence-electron chi connectivity index (χ4n) is 4.58. The minimum absolute atomic E-state index is 0.0192. The Morgan fingerprint density at radius 1 is 1.20 bits per heavy atom. The number of rotatable bonds is 3. The highest BCUT2D eigenvalue weighted by Crippen LogP contribution is 2.42. The maximum absolute atomic E-state index is 13.3. The average Bonchev–Trinajstić information content (AvgIpc) is 3.37. The molecule has 1 aromatic carbocycles. The summed E-state index contributed by atoms with van der Waals surface area (Å²) in [4.78, 5) is 30.4. The third-order valence-corrected chi connectivity index (χ3v) is 6.01. The third-order valence-electron chi connectivity index (χ3n) is 6.01. The predicted molar refractivity (Wildman–Crippen MR) is 94.7 cm³/mol. The van der Waals surface area contributed by atoms with E-state index in [-0.39, 0.29) is 11.8 Å². The molecule has 0 bridgehead atoms. The quantitative estimate of drug-likeness (QED) is 0.849. The van der Waals surface area contributed by atoms with Gasteiger partial charge in [0.1, 0.15) is 11.3 Å². The first-order valence-corrected chi connectivity index (χ1v) is 9.34. The highest BCUT2D eigenvalue weighted by Gasteiger charge is 2.54. The predicted octanol–water partition coefficient (Wildman–Crippen LogP) is 2.76. The van der Waals surface area contributed by atoms with Crippen molar-refractivity contribution in [1.82, 2.24) is 9.80 Å². The number of aryl methyl sites for hydroxylation is 1. The second kappa shape index (κ2) is 6.04. The maximum atomic E-state index is 13.3. The number of benzene rings is 1. The summed E-state index contributed by atoms with van der Waals surface area (Å²) in [5, 5.41) is 0. The molecule has 1 spiro atoms. The van der Waals surface area contributed by atoms with Gasteiger partial charge in [0.05, 0.1) is 7.11 Å². The molecule has 0 radical (unpaired) electrons. The van der Waals surface area contributed by atoms with Crippen LogP contribution in [0, 0.1) is 6.92 Å². The van der Waals surface area contributed by atoms with Gasteiger partial charge in [0.15, 0.2) is 0 Å². The molecule has 0 N–H and O–H groups in total. The summed E-state index contributed by atoms with van der Waals surface area (Å²) >= 11 is 0. The van der Waals surface area contributed by atoms with Crippen LogP contribution in [-0.4, -0.2) is 53.4 Å². The Hall–Kier alpha value is -2.04. The number of carbonyl (C=O) groups is 2. The van der Waals surface area contributed by atoms with Crippen molar-refractivity contribution in [2.45, 2.75) is 57.0 Å². The summed E-state index contributed by atoms with van der Waals surface area (Å²) < 4.78 is 5.29. The smallest absolute Gasteiger partial charge is 0.254 e. The molecule has 1 aromatic rings. The van der Waals surface area contributed by atoms with E-state index in [1.54, 1.807) is 7.11 Å². The number of ether oxygens (including phenoxy) is 1. The number of nitrogens with zero attached hydrogens (tertiary/aromatic N) is 2. The van der Waals surface area contributed by atoms with E-state index < -0.39 is 5.54 Å². The Morgan fingerprint density at radius 2 is 1.92 bits per heavy atom. The maximum Gasteiger partial charge on any atom is 0.254 e. The van der Waals surface area contributed by atoms with Crippen molar-refractivity contribution in [3.63, 3.8) is 0 Å². The van der Waals surface area contributed by atoms with Gasteiger partial charge in [-0.3, -0.25) is 9.59 Å². The SMILES string of the molecule is COc1ccc(C(=O)N2CCCC23CCCN(C2CC2)C3=O)cc1C. The molecule has 1 saturated carbocycles. The van der Waals surface area contributed by atoms with Gasteiger partial charge < -0.3 is 14.5 Å². The van der Waals surface area contributed by atoms with Crippen LogP contribution < -0.4 is 4.74 Å². The Labute approximate surface area is 148 Å².